The van der Waals surface area contributed by atoms with Crippen molar-refractivity contribution < 1.29 is 4.42 Å². The Hall–Kier alpha value is -1.98. The van der Waals surface area contributed by atoms with Crippen LogP contribution in [0.15, 0.2) is 20.2 Å². The van der Waals surface area contributed by atoms with Gasteiger partial charge in [0, 0.05) is 12.0 Å². The van der Waals surface area contributed by atoms with E-state index in [4.69, 9.17) is 4.42 Å². The lowest BCUT2D eigenvalue weighted by atomic mass is 10.2. The summed E-state index contributed by atoms with van der Waals surface area (Å²) in [7, 11) is 0. The minimum absolute atomic E-state index is 0.105. The highest BCUT2D eigenvalue weighted by atomic mass is 16.4. The monoisotopic (exact) mass is 249 g/mol. The van der Waals surface area contributed by atoms with E-state index in [-0.39, 0.29) is 23.1 Å². The summed E-state index contributed by atoms with van der Waals surface area (Å²) in [4.78, 5) is 32.1. The number of rotatable bonds is 2. The third-order valence-corrected chi connectivity index (χ3v) is 2.62. The number of fused-ring (bicyclic) bond motifs is 1. The minimum Gasteiger partial charge on any atom is -0.406 e. The van der Waals surface area contributed by atoms with Crippen molar-refractivity contribution in [3.05, 3.63) is 32.9 Å². The van der Waals surface area contributed by atoms with Gasteiger partial charge in [-0.3, -0.25) is 4.79 Å². The second kappa shape index (κ2) is 4.36. The van der Waals surface area contributed by atoms with Crippen molar-refractivity contribution in [2.24, 2.45) is 0 Å². The van der Waals surface area contributed by atoms with Crippen LogP contribution in [0.5, 0.6) is 0 Å². The molecule has 6 heteroatoms. The largest absolute Gasteiger partial charge is 0.422 e. The van der Waals surface area contributed by atoms with E-state index in [9.17, 15) is 9.59 Å². The van der Waals surface area contributed by atoms with Gasteiger partial charge in [0.25, 0.3) is 5.56 Å². The average Bonchev–Trinajstić information content (AvgIpc) is 2.27. The van der Waals surface area contributed by atoms with Crippen molar-refractivity contribution in [2.45, 2.75) is 39.7 Å². The first-order chi connectivity index (χ1) is 8.41. The van der Waals surface area contributed by atoms with E-state index in [1.807, 2.05) is 13.8 Å². The Morgan fingerprint density at radius 3 is 2.44 bits per heavy atom. The Labute approximate surface area is 103 Å². The van der Waals surface area contributed by atoms with Gasteiger partial charge < -0.3 is 4.42 Å². The summed E-state index contributed by atoms with van der Waals surface area (Å²) in [6.45, 7) is 7.35. The molecule has 0 saturated carbocycles. The molecule has 0 spiro atoms. The summed E-state index contributed by atoms with van der Waals surface area (Å²) in [5, 5.41) is 0. The van der Waals surface area contributed by atoms with Gasteiger partial charge in [-0.25, -0.2) is 19.3 Å². The van der Waals surface area contributed by atoms with Crippen molar-refractivity contribution in [3.8, 4) is 0 Å². The van der Waals surface area contributed by atoms with Crippen LogP contribution in [0, 0.1) is 0 Å². The van der Waals surface area contributed by atoms with Gasteiger partial charge in [-0.2, -0.15) is 0 Å². The SMILES string of the molecule is CC(C)c1ncc2oc(=O)n(C(C)C)c(=O)c2n1. The zero-order valence-electron chi connectivity index (χ0n) is 10.8. The Bertz CT molecular complexity index is 698. The van der Waals surface area contributed by atoms with Gasteiger partial charge >= 0.3 is 5.76 Å². The van der Waals surface area contributed by atoms with Crippen molar-refractivity contribution in [3.63, 3.8) is 0 Å². The fourth-order valence-electron chi connectivity index (χ4n) is 1.68. The molecule has 2 rings (SSSR count). The fourth-order valence-corrected chi connectivity index (χ4v) is 1.68. The van der Waals surface area contributed by atoms with E-state index < -0.39 is 11.3 Å². The van der Waals surface area contributed by atoms with E-state index in [1.165, 1.54) is 6.20 Å². The zero-order valence-corrected chi connectivity index (χ0v) is 10.8. The molecule has 0 aliphatic heterocycles. The molecule has 0 N–H and O–H groups in total. The third-order valence-electron chi connectivity index (χ3n) is 2.62. The van der Waals surface area contributed by atoms with Crippen LogP contribution in [0.1, 0.15) is 45.5 Å². The lowest BCUT2D eigenvalue weighted by Crippen LogP contribution is -2.34. The molecular weight excluding hydrogens is 234 g/mol. The molecule has 0 saturated heterocycles. The summed E-state index contributed by atoms with van der Waals surface area (Å²) >= 11 is 0. The standard InChI is InChI=1S/C12H15N3O3/c1-6(2)10-13-5-8-9(14-10)11(16)15(7(3)4)12(17)18-8/h5-7H,1-4H3. The maximum atomic E-state index is 12.2. The Morgan fingerprint density at radius 1 is 1.22 bits per heavy atom. The highest BCUT2D eigenvalue weighted by Gasteiger charge is 2.15. The van der Waals surface area contributed by atoms with E-state index in [0.29, 0.717) is 5.82 Å². The zero-order chi connectivity index (χ0) is 13.4. The van der Waals surface area contributed by atoms with Gasteiger partial charge in [0.05, 0.1) is 6.20 Å². The molecule has 0 radical (unpaired) electrons. The quantitative estimate of drug-likeness (QED) is 0.804. The average molecular weight is 249 g/mol. The molecular formula is C12H15N3O3. The second-order valence-electron chi connectivity index (χ2n) is 4.73. The molecule has 2 heterocycles. The normalized spacial score (nSPS) is 11.7. The van der Waals surface area contributed by atoms with Gasteiger partial charge in [0.1, 0.15) is 5.82 Å². The van der Waals surface area contributed by atoms with E-state index in [2.05, 4.69) is 9.97 Å². The van der Waals surface area contributed by atoms with Crippen LogP contribution in [0.3, 0.4) is 0 Å². The van der Waals surface area contributed by atoms with Crippen LogP contribution in [0.2, 0.25) is 0 Å². The van der Waals surface area contributed by atoms with E-state index >= 15 is 0 Å². The number of nitrogens with zero attached hydrogens (tertiary/aromatic N) is 3. The minimum atomic E-state index is -0.677. The summed E-state index contributed by atoms with van der Waals surface area (Å²) in [5.74, 6) is -0.0135. The Morgan fingerprint density at radius 2 is 1.89 bits per heavy atom. The summed E-state index contributed by atoms with van der Waals surface area (Å²) in [5.41, 5.74) is -0.145. The first-order valence-electron chi connectivity index (χ1n) is 5.84. The summed E-state index contributed by atoms with van der Waals surface area (Å²) in [6.07, 6.45) is 1.38. The van der Waals surface area contributed by atoms with Gasteiger partial charge in [0.2, 0.25) is 0 Å². The molecule has 0 atom stereocenters. The lowest BCUT2D eigenvalue weighted by molar-refractivity contribution is 0.424. The van der Waals surface area contributed by atoms with Crippen LogP contribution in [-0.2, 0) is 0 Å². The van der Waals surface area contributed by atoms with Crippen molar-refractivity contribution in [2.75, 3.05) is 0 Å². The van der Waals surface area contributed by atoms with Gasteiger partial charge in [0.15, 0.2) is 11.1 Å². The predicted molar refractivity (Wildman–Crippen MR) is 66.8 cm³/mol. The van der Waals surface area contributed by atoms with Crippen molar-refractivity contribution in [1.29, 1.82) is 0 Å². The van der Waals surface area contributed by atoms with Crippen molar-refractivity contribution in [1.82, 2.24) is 14.5 Å². The first kappa shape index (κ1) is 12.5. The Balaban J connectivity index is 2.86. The molecule has 0 fully saturated rings. The van der Waals surface area contributed by atoms with E-state index in [1.54, 1.807) is 13.8 Å². The van der Waals surface area contributed by atoms with Gasteiger partial charge in [-0.1, -0.05) is 13.8 Å². The van der Waals surface area contributed by atoms with Crippen LogP contribution in [-0.4, -0.2) is 14.5 Å². The van der Waals surface area contributed by atoms with E-state index in [0.717, 1.165) is 4.57 Å². The van der Waals surface area contributed by atoms with Gasteiger partial charge in [-0.15, -0.1) is 0 Å². The predicted octanol–water partition coefficient (Wildman–Crippen LogP) is 1.45. The third kappa shape index (κ3) is 1.94. The molecule has 0 amide bonds. The van der Waals surface area contributed by atoms with Crippen LogP contribution in [0.25, 0.3) is 11.1 Å². The van der Waals surface area contributed by atoms with Crippen LogP contribution in [0.4, 0.5) is 0 Å². The smallest absolute Gasteiger partial charge is 0.406 e. The molecule has 0 aliphatic carbocycles. The molecule has 0 bridgehead atoms. The second-order valence-corrected chi connectivity index (χ2v) is 4.73. The fraction of sp³-hybridized carbons (Fsp3) is 0.500. The number of aromatic nitrogens is 3. The maximum Gasteiger partial charge on any atom is 0.422 e. The Kier molecular flexibility index (Phi) is 3.02. The molecule has 0 unspecified atom stereocenters. The molecule has 0 aliphatic rings. The summed E-state index contributed by atoms with van der Waals surface area (Å²) in [6, 6.07) is -0.268. The maximum absolute atomic E-state index is 12.2. The molecule has 2 aromatic rings. The highest BCUT2D eigenvalue weighted by molar-refractivity contribution is 5.69. The van der Waals surface area contributed by atoms with Crippen LogP contribution >= 0.6 is 0 Å². The molecule has 96 valence electrons. The molecule has 18 heavy (non-hydrogen) atoms. The lowest BCUT2D eigenvalue weighted by Gasteiger charge is -2.08. The topological polar surface area (TPSA) is 78.0 Å². The number of hydrogen-bond acceptors (Lipinski definition) is 5. The first-order valence-corrected chi connectivity index (χ1v) is 5.84. The van der Waals surface area contributed by atoms with Crippen molar-refractivity contribution >= 4 is 11.1 Å². The number of hydrogen-bond donors (Lipinski definition) is 0. The molecule has 2 aromatic heterocycles. The summed E-state index contributed by atoms with van der Waals surface area (Å²) < 4.78 is 6.11. The molecule has 0 aromatic carbocycles. The van der Waals surface area contributed by atoms with Gasteiger partial charge in [-0.05, 0) is 13.8 Å². The highest BCUT2D eigenvalue weighted by Crippen LogP contribution is 2.11. The molecule has 6 nitrogen and oxygen atoms in total. The van der Waals surface area contributed by atoms with Crippen LogP contribution < -0.4 is 11.3 Å².